The van der Waals surface area contributed by atoms with Gasteiger partial charge in [0.2, 0.25) is 0 Å². The highest BCUT2D eigenvalue weighted by atomic mass is 16.7. The Morgan fingerprint density at radius 1 is 1.25 bits per heavy atom. The Hall–Kier alpha value is -3.53. The number of oxazole rings is 1. The molecule has 2 N–H and O–H groups in total. The molecule has 4 rings (SSSR count). The zero-order valence-corrected chi connectivity index (χ0v) is 18.1. The summed E-state index contributed by atoms with van der Waals surface area (Å²) in [6, 6.07) is 5.26. The third-order valence-electron chi connectivity index (χ3n) is 5.03. The van der Waals surface area contributed by atoms with Crippen molar-refractivity contribution in [1.82, 2.24) is 10.3 Å². The maximum atomic E-state index is 12.6. The molecule has 0 amide bonds. The summed E-state index contributed by atoms with van der Waals surface area (Å²) in [5.74, 6) is -1.66. The van der Waals surface area contributed by atoms with Gasteiger partial charge < -0.3 is 34.0 Å². The van der Waals surface area contributed by atoms with Crippen LogP contribution in [0.1, 0.15) is 26.7 Å². The molecule has 32 heavy (non-hydrogen) atoms. The van der Waals surface area contributed by atoms with Crippen molar-refractivity contribution in [2.24, 2.45) is 0 Å². The SMILES string of the molecule is COc1cc(NC(NC[C@H]2CCCO2)=C2C(=O)OC(C)(C)OC2=O)ccc1-c1cnco1. The van der Waals surface area contributed by atoms with Gasteiger partial charge in [0, 0.05) is 38.8 Å². The van der Waals surface area contributed by atoms with Crippen molar-refractivity contribution in [3.05, 3.63) is 42.2 Å². The fourth-order valence-electron chi connectivity index (χ4n) is 3.54. The lowest BCUT2D eigenvalue weighted by atomic mass is 10.1. The molecule has 0 radical (unpaired) electrons. The second kappa shape index (κ2) is 8.91. The average Bonchev–Trinajstić information content (AvgIpc) is 3.44. The fraction of sp³-hybridized carbons (Fsp3) is 0.409. The second-order valence-electron chi connectivity index (χ2n) is 7.85. The molecule has 10 nitrogen and oxygen atoms in total. The molecule has 1 aromatic carbocycles. The summed E-state index contributed by atoms with van der Waals surface area (Å²) in [4.78, 5) is 29.2. The van der Waals surface area contributed by atoms with Gasteiger partial charge in [0.05, 0.1) is 25.0 Å². The largest absolute Gasteiger partial charge is 0.496 e. The van der Waals surface area contributed by atoms with Gasteiger partial charge in [0.1, 0.15) is 11.6 Å². The molecule has 0 spiro atoms. The van der Waals surface area contributed by atoms with E-state index in [9.17, 15) is 9.59 Å². The number of nitrogens with zero attached hydrogens (tertiary/aromatic N) is 1. The molecule has 0 unspecified atom stereocenters. The molecule has 170 valence electrons. The number of cyclic esters (lactones) is 2. The van der Waals surface area contributed by atoms with E-state index in [1.54, 1.807) is 24.4 Å². The summed E-state index contributed by atoms with van der Waals surface area (Å²) in [5, 5.41) is 6.21. The molecule has 1 aromatic heterocycles. The first kappa shape index (κ1) is 21.7. The highest BCUT2D eigenvalue weighted by molar-refractivity contribution is 6.16. The Balaban J connectivity index is 1.64. The number of nitrogens with one attached hydrogen (secondary N) is 2. The van der Waals surface area contributed by atoms with E-state index < -0.39 is 17.7 Å². The molecule has 0 saturated carbocycles. The van der Waals surface area contributed by atoms with E-state index in [-0.39, 0.29) is 17.5 Å². The van der Waals surface area contributed by atoms with Crippen LogP contribution in [0.25, 0.3) is 11.3 Å². The molecule has 0 aliphatic carbocycles. The first-order valence-electron chi connectivity index (χ1n) is 10.3. The maximum absolute atomic E-state index is 12.6. The van der Waals surface area contributed by atoms with Crippen molar-refractivity contribution in [2.45, 2.75) is 38.6 Å². The lowest BCUT2D eigenvalue weighted by Gasteiger charge is -2.31. The Bertz CT molecular complexity index is 1000. The van der Waals surface area contributed by atoms with Gasteiger partial charge in [-0.05, 0) is 25.0 Å². The molecule has 2 aliphatic heterocycles. The third-order valence-corrected chi connectivity index (χ3v) is 5.03. The lowest BCUT2D eigenvalue weighted by molar-refractivity contribution is -0.222. The minimum Gasteiger partial charge on any atom is -0.496 e. The second-order valence-corrected chi connectivity index (χ2v) is 7.85. The minimum atomic E-state index is -1.33. The van der Waals surface area contributed by atoms with Gasteiger partial charge in [-0.15, -0.1) is 0 Å². The highest BCUT2D eigenvalue weighted by Crippen LogP contribution is 2.33. The van der Waals surface area contributed by atoms with Crippen LogP contribution < -0.4 is 15.4 Å². The Labute approximate surface area is 184 Å². The zero-order valence-electron chi connectivity index (χ0n) is 18.1. The number of ether oxygens (including phenoxy) is 4. The molecular formula is C22H25N3O7. The highest BCUT2D eigenvalue weighted by Gasteiger charge is 2.41. The normalized spacial score (nSPS) is 19.8. The van der Waals surface area contributed by atoms with Gasteiger partial charge in [-0.3, -0.25) is 0 Å². The first-order chi connectivity index (χ1) is 15.4. The van der Waals surface area contributed by atoms with Crippen molar-refractivity contribution >= 4 is 17.6 Å². The number of carbonyl (C=O) groups is 2. The van der Waals surface area contributed by atoms with Crippen molar-refractivity contribution in [2.75, 3.05) is 25.6 Å². The molecule has 10 heteroatoms. The van der Waals surface area contributed by atoms with Gasteiger partial charge in [-0.25, -0.2) is 14.6 Å². The van der Waals surface area contributed by atoms with E-state index in [0.29, 0.717) is 35.9 Å². The number of esters is 2. The monoisotopic (exact) mass is 443 g/mol. The number of aromatic nitrogens is 1. The Morgan fingerprint density at radius 3 is 2.66 bits per heavy atom. The standard InChI is InChI=1S/C22H25N3O7/c1-22(2)31-20(26)18(21(27)32-22)19(24-10-14-5-4-8-29-14)25-13-6-7-15(16(9-13)28-3)17-11-23-12-30-17/h6-7,9,11-12,14,24-25H,4-5,8,10H2,1-3H3/t14-/m1/s1. The van der Waals surface area contributed by atoms with Gasteiger partial charge >= 0.3 is 11.9 Å². The number of carbonyl (C=O) groups excluding carboxylic acids is 2. The molecular weight excluding hydrogens is 418 g/mol. The van der Waals surface area contributed by atoms with E-state index in [2.05, 4.69) is 15.6 Å². The summed E-state index contributed by atoms with van der Waals surface area (Å²) < 4.78 is 27.0. The van der Waals surface area contributed by atoms with Crippen LogP contribution in [0.3, 0.4) is 0 Å². The van der Waals surface area contributed by atoms with Crippen LogP contribution in [0.15, 0.2) is 46.6 Å². The molecule has 3 heterocycles. The van der Waals surface area contributed by atoms with Gasteiger partial charge in [-0.1, -0.05) is 0 Å². The van der Waals surface area contributed by atoms with Crippen LogP contribution in [-0.4, -0.2) is 49.1 Å². The quantitative estimate of drug-likeness (QED) is 0.375. The van der Waals surface area contributed by atoms with Crippen LogP contribution >= 0.6 is 0 Å². The van der Waals surface area contributed by atoms with E-state index in [1.807, 2.05) is 0 Å². The number of anilines is 1. The molecule has 1 atom stereocenters. The maximum Gasteiger partial charge on any atom is 0.352 e. The summed E-state index contributed by atoms with van der Waals surface area (Å²) >= 11 is 0. The number of hydrogen-bond acceptors (Lipinski definition) is 10. The first-order valence-corrected chi connectivity index (χ1v) is 10.3. The van der Waals surface area contributed by atoms with Crippen molar-refractivity contribution in [3.8, 4) is 17.1 Å². The number of rotatable bonds is 7. The van der Waals surface area contributed by atoms with Crippen LogP contribution in [0.4, 0.5) is 5.69 Å². The molecule has 2 aromatic rings. The summed E-state index contributed by atoms with van der Waals surface area (Å²) in [7, 11) is 1.53. The zero-order chi connectivity index (χ0) is 22.7. The van der Waals surface area contributed by atoms with Gasteiger partial charge in [-0.2, -0.15) is 0 Å². The molecule has 2 fully saturated rings. The van der Waals surface area contributed by atoms with Gasteiger partial charge in [0.25, 0.3) is 5.79 Å². The van der Waals surface area contributed by atoms with Crippen molar-refractivity contribution in [1.29, 1.82) is 0 Å². The van der Waals surface area contributed by atoms with Gasteiger partial charge in [0.15, 0.2) is 17.7 Å². The van der Waals surface area contributed by atoms with Crippen LogP contribution in [0.2, 0.25) is 0 Å². The van der Waals surface area contributed by atoms with Crippen molar-refractivity contribution < 1.29 is 33.0 Å². The minimum absolute atomic E-state index is 0.0252. The number of methoxy groups -OCH3 is 1. The van der Waals surface area contributed by atoms with E-state index in [0.717, 1.165) is 12.8 Å². The smallest absolute Gasteiger partial charge is 0.352 e. The molecule has 0 bridgehead atoms. The predicted octanol–water partition coefficient (Wildman–Crippen LogP) is 2.58. The van der Waals surface area contributed by atoms with Crippen LogP contribution in [-0.2, 0) is 23.8 Å². The summed E-state index contributed by atoms with van der Waals surface area (Å²) in [5.41, 5.74) is 1.02. The number of benzene rings is 1. The average molecular weight is 443 g/mol. The lowest BCUT2D eigenvalue weighted by Crippen LogP contribution is -2.44. The van der Waals surface area contributed by atoms with E-state index in [4.69, 9.17) is 23.4 Å². The van der Waals surface area contributed by atoms with E-state index in [1.165, 1.54) is 27.4 Å². The summed E-state index contributed by atoms with van der Waals surface area (Å²) in [6.07, 6.45) is 4.74. The summed E-state index contributed by atoms with van der Waals surface area (Å²) in [6.45, 7) is 4.09. The van der Waals surface area contributed by atoms with Crippen LogP contribution in [0.5, 0.6) is 5.75 Å². The predicted molar refractivity (Wildman–Crippen MR) is 112 cm³/mol. The molecule has 2 saturated heterocycles. The third kappa shape index (κ3) is 4.70. The Kier molecular flexibility index (Phi) is 6.04. The molecule has 2 aliphatic rings. The topological polar surface area (TPSA) is 121 Å². The number of hydrogen-bond donors (Lipinski definition) is 2. The van der Waals surface area contributed by atoms with E-state index >= 15 is 0 Å². The van der Waals surface area contributed by atoms with Crippen LogP contribution in [0, 0.1) is 0 Å². The fourth-order valence-corrected chi connectivity index (χ4v) is 3.54. The Morgan fingerprint density at radius 2 is 2.03 bits per heavy atom. The van der Waals surface area contributed by atoms with Crippen molar-refractivity contribution in [3.63, 3.8) is 0 Å².